The summed E-state index contributed by atoms with van der Waals surface area (Å²) in [4.78, 5) is 6.66. The van der Waals surface area contributed by atoms with Gasteiger partial charge in [0.25, 0.3) is 0 Å². The number of anilines is 1. The monoisotopic (exact) mass is 263 g/mol. The van der Waals surface area contributed by atoms with E-state index in [1.54, 1.807) is 0 Å². The fourth-order valence-electron chi connectivity index (χ4n) is 1.01. The van der Waals surface area contributed by atoms with Gasteiger partial charge in [0.15, 0.2) is 0 Å². The van der Waals surface area contributed by atoms with E-state index >= 15 is 0 Å². The number of hydrogen-bond donors (Lipinski definition) is 0. The largest absolute Gasteiger partial charge is 0.346 e. The van der Waals surface area contributed by atoms with Crippen LogP contribution in [0, 0.1) is 0 Å². The van der Waals surface area contributed by atoms with Crippen molar-refractivity contribution in [1.29, 1.82) is 0 Å². The topological polar surface area (TPSA) is 29.0 Å². The van der Waals surface area contributed by atoms with Crippen molar-refractivity contribution >= 4 is 32.6 Å². The molecule has 0 radical (unpaired) electrons. The summed E-state index contributed by atoms with van der Waals surface area (Å²) in [5.74, 6) is 0.952. The second-order valence-corrected chi connectivity index (χ2v) is 4.14. The van der Waals surface area contributed by atoms with Crippen LogP contribution in [0.1, 0.15) is 19.7 Å². The van der Waals surface area contributed by atoms with Crippen molar-refractivity contribution in [2.45, 2.75) is 20.3 Å². The summed E-state index contributed by atoms with van der Waals surface area (Å²) in [5, 5.41) is 2.01. The SMILES string of the molecule is CCc1nsc(N(CC)CCBr)n1. The molecule has 1 rings (SSSR count). The Hall–Kier alpha value is -0.160. The van der Waals surface area contributed by atoms with Gasteiger partial charge in [0.2, 0.25) is 5.13 Å². The fourth-order valence-corrected chi connectivity index (χ4v) is 2.27. The van der Waals surface area contributed by atoms with Crippen LogP contribution in [0.2, 0.25) is 0 Å². The Labute approximate surface area is 91.5 Å². The van der Waals surface area contributed by atoms with Crippen LogP contribution in [0.5, 0.6) is 0 Å². The van der Waals surface area contributed by atoms with Crippen LogP contribution in [0.15, 0.2) is 0 Å². The van der Waals surface area contributed by atoms with Gasteiger partial charge in [-0.1, -0.05) is 22.9 Å². The van der Waals surface area contributed by atoms with Crippen LogP contribution in [0.3, 0.4) is 0 Å². The lowest BCUT2D eigenvalue weighted by atomic mass is 10.5. The lowest BCUT2D eigenvalue weighted by Crippen LogP contribution is -2.24. The van der Waals surface area contributed by atoms with Crippen molar-refractivity contribution in [2.75, 3.05) is 23.3 Å². The molecule has 0 aliphatic heterocycles. The number of rotatable bonds is 5. The molecule has 0 saturated heterocycles. The van der Waals surface area contributed by atoms with E-state index in [0.29, 0.717) is 0 Å². The lowest BCUT2D eigenvalue weighted by Gasteiger charge is -2.16. The molecule has 3 nitrogen and oxygen atoms in total. The average Bonchev–Trinajstić information content (AvgIpc) is 2.62. The number of halogens is 1. The van der Waals surface area contributed by atoms with Crippen molar-refractivity contribution in [3.05, 3.63) is 5.82 Å². The third kappa shape index (κ3) is 2.91. The Kier molecular flexibility index (Phi) is 4.66. The molecule has 0 atom stereocenters. The standard InChI is InChI=1S/C8H14BrN3S/c1-3-7-10-8(13-11-7)12(4-2)6-5-9/h3-6H2,1-2H3. The lowest BCUT2D eigenvalue weighted by molar-refractivity contribution is 0.859. The fraction of sp³-hybridized carbons (Fsp3) is 0.750. The van der Waals surface area contributed by atoms with Gasteiger partial charge in [0.05, 0.1) is 0 Å². The minimum Gasteiger partial charge on any atom is -0.346 e. The first kappa shape index (κ1) is 10.9. The summed E-state index contributed by atoms with van der Waals surface area (Å²) in [6.07, 6.45) is 0.919. The summed E-state index contributed by atoms with van der Waals surface area (Å²) in [5.41, 5.74) is 0. The maximum Gasteiger partial charge on any atom is 0.205 e. The van der Waals surface area contributed by atoms with Gasteiger partial charge in [-0.05, 0) is 6.92 Å². The third-order valence-corrected chi connectivity index (χ3v) is 2.95. The number of aryl methyl sites for hydroxylation is 1. The van der Waals surface area contributed by atoms with Crippen molar-refractivity contribution in [2.24, 2.45) is 0 Å². The van der Waals surface area contributed by atoms with E-state index < -0.39 is 0 Å². The second kappa shape index (κ2) is 5.54. The van der Waals surface area contributed by atoms with Crippen molar-refractivity contribution < 1.29 is 0 Å². The zero-order chi connectivity index (χ0) is 9.68. The number of alkyl halides is 1. The minimum atomic E-state index is 0.919. The van der Waals surface area contributed by atoms with Gasteiger partial charge in [0, 0.05) is 36.4 Å². The maximum absolute atomic E-state index is 4.43. The van der Waals surface area contributed by atoms with Gasteiger partial charge >= 0.3 is 0 Å². The maximum atomic E-state index is 4.43. The van der Waals surface area contributed by atoms with Crippen LogP contribution in [0.25, 0.3) is 0 Å². The van der Waals surface area contributed by atoms with E-state index in [1.165, 1.54) is 11.5 Å². The van der Waals surface area contributed by atoms with Crippen LogP contribution in [-0.2, 0) is 6.42 Å². The van der Waals surface area contributed by atoms with Crippen LogP contribution >= 0.6 is 27.5 Å². The smallest absolute Gasteiger partial charge is 0.205 e. The molecule has 0 saturated carbocycles. The Morgan fingerprint density at radius 2 is 2.23 bits per heavy atom. The first-order chi connectivity index (χ1) is 6.31. The molecule has 0 aromatic carbocycles. The second-order valence-electron chi connectivity index (χ2n) is 2.62. The predicted molar refractivity (Wildman–Crippen MR) is 61.0 cm³/mol. The Balaban J connectivity index is 2.67. The Bertz CT molecular complexity index is 251. The quantitative estimate of drug-likeness (QED) is 0.764. The Morgan fingerprint density at radius 1 is 1.46 bits per heavy atom. The summed E-state index contributed by atoms with van der Waals surface area (Å²) >= 11 is 4.92. The van der Waals surface area contributed by atoms with E-state index in [-0.39, 0.29) is 0 Å². The first-order valence-electron chi connectivity index (χ1n) is 4.45. The molecule has 0 aliphatic carbocycles. The molecule has 0 aliphatic rings. The molecule has 1 heterocycles. The zero-order valence-electron chi connectivity index (χ0n) is 7.96. The number of nitrogens with zero attached hydrogens (tertiary/aromatic N) is 3. The molecular formula is C8H14BrN3S. The number of aromatic nitrogens is 2. The van der Waals surface area contributed by atoms with Crippen molar-refractivity contribution in [3.8, 4) is 0 Å². The van der Waals surface area contributed by atoms with Gasteiger partial charge < -0.3 is 4.90 Å². The van der Waals surface area contributed by atoms with Gasteiger partial charge in [-0.3, -0.25) is 0 Å². The minimum absolute atomic E-state index is 0.919. The summed E-state index contributed by atoms with van der Waals surface area (Å²) in [6.45, 7) is 6.20. The first-order valence-corrected chi connectivity index (χ1v) is 6.34. The van der Waals surface area contributed by atoms with Gasteiger partial charge in [-0.15, -0.1) is 0 Å². The molecule has 0 amide bonds. The summed E-state index contributed by atoms with van der Waals surface area (Å²) < 4.78 is 4.26. The Morgan fingerprint density at radius 3 is 2.69 bits per heavy atom. The molecular weight excluding hydrogens is 250 g/mol. The highest BCUT2D eigenvalue weighted by Gasteiger charge is 2.08. The number of hydrogen-bond acceptors (Lipinski definition) is 4. The van der Waals surface area contributed by atoms with Gasteiger partial charge in [0.1, 0.15) is 5.82 Å². The summed E-state index contributed by atoms with van der Waals surface area (Å²) in [6, 6.07) is 0. The average molecular weight is 264 g/mol. The van der Waals surface area contributed by atoms with E-state index in [2.05, 4.69) is 44.0 Å². The molecule has 0 bridgehead atoms. The molecule has 1 aromatic heterocycles. The van der Waals surface area contributed by atoms with Gasteiger partial charge in [-0.25, -0.2) is 4.98 Å². The predicted octanol–water partition coefficient (Wildman–Crippen LogP) is 2.32. The third-order valence-electron chi connectivity index (χ3n) is 1.78. The van der Waals surface area contributed by atoms with E-state index in [9.17, 15) is 0 Å². The van der Waals surface area contributed by atoms with E-state index in [4.69, 9.17) is 0 Å². The highest BCUT2D eigenvalue weighted by atomic mass is 79.9. The molecule has 0 spiro atoms. The van der Waals surface area contributed by atoms with E-state index in [1.807, 2.05) is 0 Å². The summed E-state index contributed by atoms with van der Waals surface area (Å²) in [7, 11) is 0. The van der Waals surface area contributed by atoms with Crippen LogP contribution < -0.4 is 4.90 Å². The highest BCUT2D eigenvalue weighted by Crippen LogP contribution is 2.17. The molecule has 13 heavy (non-hydrogen) atoms. The van der Waals surface area contributed by atoms with Crippen LogP contribution in [-0.4, -0.2) is 27.8 Å². The zero-order valence-corrected chi connectivity index (χ0v) is 10.4. The van der Waals surface area contributed by atoms with Gasteiger partial charge in [-0.2, -0.15) is 4.37 Å². The van der Waals surface area contributed by atoms with Crippen LogP contribution in [0.4, 0.5) is 5.13 Å². The molecule has 1 aromatic rings. The molecule has 5 heteroatoms. The normalized spacial score (nSPS) is 10.4. The highest BCUT2D eigenvalue weighted by molar-refractivity contribution is 9.09. The molecule has 0 unspecified atom stereocenters. The van der Waals surface area contributed by atoms with Crippen molar-refractivity contribution in [1.82, 2.24) is 9.36 Å². The van der Waals surface area contributed by atoms with Crippen molar-refractivity contribution in [3.63, 3.8) is 0 Å². The van der Waals surface area contributed by atoms with E-state index in [0.717, 1.165) is 35.8 Å². The molecule has 0 N–H and O–H groups in total. The molecule has 74 valence electrons. The molecule has 0 fully saturated rings.